The molecule has 0 bridgehead atoms. The van der Waals surface area contributed by atoms with E-state index in [2.05, 4.69) is 32.7 Å². The summed E-state index contributed by atoms with van der Waals surface area (Å²) < 4.78 is 0. The Kier molecular flexibility index (Phi) is 2.92. The number of rotatable bonds is 1. The third kappa shape index (κ3) is 2.00. The first-order valence-electron chi connectivity index (χ1n) is 5.08. The maximum absolute atomic E-state index is 10.3. The van der Waals surface area contributed by atoms with Gasteiger partial charge >= 0.3 is 0 Å². The molecule has 4 atom stereocenters. The summed E-state index contributed by atoms with van der Waals surface area (Å²) in [5, 5.41) is 0. The number of isocyanates is 1. The summed E-state index contributed by atoms with van der Waals surface area (Å²) >= 11 is 0. The highest BCUT2D eigenvalue weighted by atomic mass is 16.1. The minimum absolute atomic E-state index is 0.168. The number of hydrogen-bond acceptors (Lipinski definition) is 2. The zero-order chi connectivity index (χ0) is 10.1. The average molecular weight is 181 g/mol. The first-order valence-corrected chi connectivity index (χ1v) is 5.08. The Morgan fingerprint density at radius 3 is 2.54 bits per heavy atom. The van der Waals surface area contributed by atoms with Gasteiger partial charge in [0.15, 0.2) is 0 Å². The van der Waals surface area contributed by atoms with Gasteiger partial charge < -0.3 is 0 Å². The lowest BCUT2D eigenvalue weighted by molar-refractivity contribution is 0.121. The van der Waals surface area contributed by atoms with Crippen molar-refractivity contribution in [3.8, 4) is 0 Å². The molecule has 2 nitrogen and oxygen atoms in total. The van der Waals surface area contributed by atoms with Crippen LogP contribution < -0.4 is 0 Å². The van der Waals surface area contributed by atoms with Crippen LogP contribution in [-0.2, 0) is 4.79 Å². The van der Waals surface area contributed by atoms with Crippen LogP contribution in [0.5, 0.6) is 0 Å². The van der Waals surface area contributed by atoms with Crippen LogP contribution in [0.25, 0.3) is 0 Å². The third-order valence-corrected chi connectivity index (χ3v) is 3.67. The Balaban J connectivity index is 2.87. The highest BCUT2D eigenvalue weighted by Gasteiger charge is 2.40. The van der Waals surface area contributed by atoms with Crippen molar-refractivity contribution in [3.05, 3.63) is 0 Å². The van der Waals surface area contributed by atoms with E-state index in [1.165, 1.54) is 6.42 Å². The molecule has 0 spiro atoms. The van der Waals surface area contributed by atoms with Gasteiger partial charge in [-0.25, -0.2) is 4.79 Å². The second-order valence-electron chi connectivity index (χ2n) is 4.87. The predicted octanol–water partition coefficient (Wildman–Crippen LogP) is 2.78. The van der Waals surface area contributed by atoms with Crippen molar-refractivity contribution in [3.63, 3.8) is 0 Å². The number of nitrogens with zero attached hydrogens (tertiary/aromatic N) is 1. The van der Waals surface area contributed by atoms with E-state index in [1.807, 2.05) is 0 Å². The molecule has 0 aliphatic heterocycles. The van der Waals surface area contributed by atoms with E-state index in [0.29, 0.717) is 17.8 Å². The molecule has 0 aromatic rings. The molecule has 0 radical (unpaired) electrons. The molecule has 13 heavy (non-hydrogen) atoms. The third-order valence-electron chi connectivity index (χ3n) is 3.67. The lowest BCUT2D eigenvalue weighted by atomic mass is 9.66. The van der Waals surface area contributed by atoms with E-state index in [4.69, 9.17) is 0 Å². The van der Waals surface area contributed by atoms with E-state index < -0.39 is 0 Å². The number of carbonyl (C=O) groups excluding carboxylic acids is 1. The molecule has 0 aromatic heterocycles. The summed E-state index contributed by atoms with van der Waals surface area (Å²) in [7, 11) is 0. The molecule has 2 heteroatoms. The second kappa shape index (κ2) is 3.63. The molecule has 74 valence electrons. The van der Waals surface area contributed by atoms with E-state index >= 15 is 0 Å². The van der Waals surface area contributed by atoms with Crippen LogP contribution >= 0.6 is 0 Å². The van der Waals surface area contributed by atoms with Crippen LogP contribution in [-0.4, -0.2) is 11.6 Å². The molecule has 1 aliphatic carbocycles. The van der Waals surface area contributed by atoms with Gasteiger partial charge in [0, 0.05) is 0 Å². The van der Waals surface area contributed by atoms with Crippen molar-refractivity contribution in [2.45, 2.75) is 46.1 Å². The van der Waals surface area contributed by atoms with Gasteiger partial charge in [0.05, 0.1) is 5.54 Å². The molecule has 0 heterocycles. The van der Waals surface area contributed by atoms with Gasteiger partial charge in [-0.3, -0.25) is 0 Å². The van der Waals surface area contributed by atoms with Crippen LogP contribution in [0.15, 0.2) is 4.99 Å². The fraction of sp³-hybridized carbons (Fsp3) is 0.909. The van der Waals surface area contributed by atoms with Crippen molar-refractivity contribution in [2.75, 3.05) is 0 Å². The highest BCUT2D eigenvalue weighted by molar-refractivity contribution is 5.35. The van der Waals surface area contributed by atoms with Crippen LogP contribution in [0, 0.1) is 17.8 Å². The van der Waals surface area contributed by atoms with E-state index in [1.54, 1.807) is 6.08 Å². The molecule has 1 saturated carbocycles. The molecular weight excluding hydrogens is 162 g/mol. The molecule has 1 fully saturated rings. The molecule has 0 aromatic carbocycles. The second-order valence-corrected chi connectivity index (χ2v) is 4.87. The quantitative estimate of drug-likeness (QED) is 0.452. The van der Waals surface area contributed by atoms with Gasteiger partial charge in [0.2, 0.25) is 6.08 Å². The van der Waals surface area contributed by atoms with Crippen LogP contribution in [0.3, 0.4) is 0 Å². The van der Waals surface area contributed by atoms with Gasteiger partial charge in [-0.15, -0.1) is 0 Å². The largest absolute Gasteiger partial charge is 0.235 e. The fourth-order valence-corrected chi connectivity index (χ4v) is 2.68. The summed E-state index contributed by atoms with van der Waals surface area (Å²) in [6.07, 6.45) is 4.00. The van der Waals surface area contributed by atoms with Gasteiger partial charge in [0.25, 0.3) is 0 Å². The Labute approximate surface area is 80.4 Å². The van der Waals surface area contributed by atoms with E-state index in [9.17, 15) is 4.79 Å². The molecule has 1 rings (SSSR count). The van der Waals surface area contributed by atoms with E-state index in [-0.39, 0.29) is 5.54 Å². The standard InChI is InChI=1S/C11H19NO/c1-8-5-9(2)10(3)11(4,6-8)12-7-13/h8-10H,5-6H2,1-4H3. The van der Waals surface area contributed by atoms with Crippen molar-refractivity contribution in [1.82, 2.24) is 0 Å². The maximum Gasteiger partial charge on any atom is 0.235 e. The molecule has 4 unspecified atom stereocenters. The van der Waals surface area contributed by atoms with Crippen LogP contribution in [0.4, 0.5) is 0 Å². The normalized spacial score (nSPS) is 45.4. The molecule has 0 saturated heterocycles. The molecular formula is C11H19NO. The zero-order valence-corrected chi connectivity index (χ0v) is 9.00. The summed E-state index contributed by atoms with van der Waals surface area (Å²) in [4.78, 5) is 14.3. The molecule has 0 amide bonds. The van der Waals surface area contributed by atoms with Crippen molar-refractivity contribution in [1.29, 1.82) is 0 Å². The Morgan fingerprint density at radius 1 is 1.38 bits per heavy atom. The van der Waals surface area contributed by atoms with Crippen LogP contribution in [0.1, 0.15) is 40.5 Å². The number of hydrogen-bond donors (Lipinski definition) is 0. The SMILES string of the molecule is CC1CC(C)C(C)C(C)(N=C=O)C1. The number of aliphatic imine (C=N–C) groups is 1. The maximum atomic E-state index is 10.3. The lowest BCUT2D eigenvalue weighted by Crippen LogP contribution is -2.41. The zero-order valence-electron chi connectivity index (χ0n) is 9.00. The summed E-state index contributed by atoms with van der Waals surface area (Å²) in [6, 6.07) is 0. The summed E-state index contributed by atoms with van der Waals surface area (Å²) in [6.45, 7) is 8.76. The average Bonchev–Trinajstić information content (AvgIpc) is 2.00. The monoisotopic (exact) mass is 181 g/mol. The minimum atomic E-state index is -0.168. The Bertz CT molecular complexity index is 232. The fourth-order valence-electron chi connectivity index (χ4n) is 2.68. The summed E-state index contributed by atoms with van der Waals surface area (Å²) in [5.41, 5.74) is -0.168. The van der Waals surface area contributed by atoms with Crippen molar-refractivity contribution >= 4 is 6.08 Å². The smallest absolute Gasteiger partial charge is 0.211 e. The molecule has 0 N–H and O–H groups in total. The predicted molar refractivity (Wildman–Crippen MR) is 53.3 cm³/mol. The first kappa shape index (κ1) is 10.5. The van der Waals surface area contributed by atoms with Gasteiger partial charge in [-0.2, -0.15) is 4.99 Å². The molecule has 1 aliphatic rings. The van der Waals surface area contributed by atoms with Crippen LogP contribution in [0.2, 0.25) is 0 Å². The van der Waals surface area contributed by atoms with E-state index in [0.717, 1.165) is 6.42 Å². The van der Waals surface area contributed by atoms with Gasteiger partial charge in [-0.1, -0.05) is 20.8 Å². The van der Waals surface area contributed by atoms with Crippen molar-refractivity contribution < 1.29 is 4.79 Å². The van der Waals surface area contributed by atoms with Crippen molar-refractivity contribution in [2.24, 2.45) is 22.7 Å². The van der Waals surface area contributed by atoms with Gasteiger partial charge in [-0.05, 0) is 37.5 Å². The summed E-state index contributed by atoms with van der Waals surface area (Å²) in [5.74, 6) is 1.82. The minimum Gasteiger partial charge on any atom is -0.211 e. The highest BCUT2D eigenvalue weighted by Crippen LogP contribution is 2.42. The Hall–Kier alpha value is -0.620. The first-order chi connectivity index (χ1) is 5.99. The van der Waals surface area contributed by atoms with Gasteiger partial charge in [0.1, 0.15) is 0 Å². The lowest BCUT2D eigenvalue weighted by Gasteiger charge is -2.42. The Morgan fingerprint density at radius 2 is 2.00 bits per heavy atom. The topological polar surface area (TPSA) is 29.4 Å².